The van der Waals surface area contributed by atoms with Crippen LogP contribution in [0.25, 0.3) is 0 Å². The van der Waals surface area contributed by atoms with Crippen molar-refractivity contribution in [3.8, 4) is 11.5 Å². The summed E-state index contributed by atoms with van der Waals surface area (Å²) in [6.07, 6.45) is 1.63. The van der Waals surface area contributed by atoms with Crippen LogP contribution in [0, 0.1) is 0 Å². The predicted molar refractivity (Wildman–Crippen MR) is 74.6 cm³/mol. The van der Waals surface area contributed by atoms with Gasteiger partial charge >= 0.3 is 35.5 Å². The number of para-hydroxylation sites is 2. The third-order valence-electron chi connectivity index (χ3n) is 2.42. The molecule has 0 fully saturated rings. The number of hydrogen-bond acceptors (Lipinski definition) is 3. The van der Waals surface area contributed by atoms with Crippen molar-refractivity contribution < 1.29 is 45.3 Å². The van der Waals surface area contributed by atoms with E-state index in [-0.39, 0.29) is 31.0 Å². The average Bonchev–Trinajstić information content (AvgIpc) is 2.47. The molecule has 20 heavy (non-hydrogen) atoms. The van der Waals surface area contributed by atoms with E-state index in [1.54, 1.807) is 48.5 Å². The van der Waals surface area contributed by atoms with Crippen molar-refractivity contribution in [3.05, 3.63) is 72.8 Å². The molecule has 0 aliphatic carbocycles. The van der Waals surface area contributed by atoms with Crippen LogP contribution in [0.4, 0.5) is 0 Å². The van der Waals surface area contributed by atoms with Crippen molar-refractivity contribution >= 4 is 5.97 Å². The number of esters is 1. The molecule has 0 aromatic heterocycles. The molecule has 98 valence electrons. The van der Waals surface area contributed by atoms with Crippen LogP contribution in [0.3, 0.4) is 0 Å². The first-order chi connectivity index (χ1) is 9.31. The van der Waals surface area contributed by atoms with E-state index < -0.39 is 5.97 Å². The van der Waals surface area contributed by atoms with Crippen molar-refractivity contribution in [1.29, 1.82) is 0 Å². The molecular formula is C16H15NaO3. The third kappa shape index (κ3) is 4.53. The Balaban J connectivity index is 0.00000200. The zero-order valence-corrected chi connectivity index (χ0v) is 13.4. The van der Waals surface area contributed by atoms with Gasteiger partial charge in [0.1, 0.15) is 6.61 Å². The molecule has 0 aliphatic heterocycles. The summed E-state index contributed by atoms with van der Waals surface area (Å²) in [6, 6.07) is 15.9. The summed E-state index contributed by atoms with van der Waals surface area (Å²) in [4.78, 5) is 11.9. The van der Waals surface area contributed by atoms with Gasteiger partial charge in [-0.2, -0.15) is 0 Å². The summed E-state index contributed by atoms with van der Waals surface area (Å²) in [7, 11) is 0. The summed E-state index contributed by atoms with van der Waals surface area (Å²) < 4.78 is 10.8. The molecule has 2 rings (SSSR count). The molecule has 3 nitrogen and oxygen atoms in total. The fourth-order valence-corrected chi connectivity index (χ4v) is 1.54. The average molecular weight is 278 g/mol. The van der Waals surface area contributed by atoms with Crippen LogP contribution in [0.2, 0.25) is 0 Å². The second-order valence-electron chi connectivity index (χ2n) is 3.80. The van der Waals surface area contributed by atoms with Crippen LogP contribution in [0.1, 0.15) is 11.8 Å². The molecule has 0 saturated carbocycles. The number of carbonyl (C=O) groups excluding carboxylic acids is 1. The first kappa shape index (κ1) is 16.5. The van der Waals surface area contributed by atoms with E-state index in [1.807, 2.05) is 12.1 Å². The van der Waals surface area contributed by atoms with Gasteiger partial charge in [-0.05, 0) is 24.3 Å². The fraction of sp³-hybridized carbons (Fsp3) is 0.0625. The van der Waals surface area contributed by atoms with Crippen LogP contribution in [-0.2, 0) is 0 Å². The smallest absolute Gasteiger partial charge is 1.00 e. The molecule has 0 N–H and O–H groups in total. The van der Waals surface area contributed by atoms with Gasteiger partial charge in [0.15, 0.2) is 11.5 Å². The normalized spacial score (nSPS) is 9.20. The Morgan fingerprint density at radius 1 is 1.05 bits per heavy atom. The zero-order chi connectivity index (χ0) is 13.5. The fourth-order valence-electron chi connectivity index (χ4n) is 1.54. The molecule has 0 aliphatic rings. The second-order valence-corrected chi connectivity index (χ2v) is 3.80. The topological polar surface area (TPSA) is 35.5 Å². The van der Waals surface area contributed by atoms with Gasteiger partial charge in [0.2, 0.25) is 0 Å². The Kier molecular flexibility index (Phi) is 7.09. The maximum absolute atomic E-state index is 11.9. The minimum absolute atomic E-state index is 0. The first-order valence-corrected chi connectivity index (χ1v) is 5.91. The van der Waals surface area contributed by atoms with Crippen molar-refractivity contribution in [2.24, 2.45) is 0 Å². The summed E-state index contributed by atoms with van der Waals surface area (Å²) in [5.74, 6) is 0.514. The van der Waals surface area contributed by atoms with Gasteiger partial charge < -0.3 is 10.9 Å². The minimum Gasteiger partial charge on any atom is -1.00 e. The minimum atomic E-state index is -0.407. The maximum Gasteiger partial charge on any atom is 1.00 e. The van der Waals surface area contributed by atoms with Gasteiger partial charge in [0, 0.05) is 0 Å². The predicted octanol–water partition coefficient (Wildman–Crippen LogP) is 0.587. The van der Waals surface area contributed by atoms with E-state index in [2.05, 4.69) is 6.58 Å². The van der Waals surface area contributed by atoms with Crippen molar-refractivity contribution in [2.75, 3.05) is 6.61 Å². The largest absolute Gasteiger partial charge is 1.00 e. The van der Waals surface area contributed by atoms with Gasteiger partial charge in [-0.25, -0.2) is 4.79 Å². The van der Waals surface area contributed by atoms with Crippen LogP contribution < -0.4 is 39.0 Å². The Morgan fingerprint density at radius 3 is 2.30 bits per heavy atom. The molecule has 0 bridgehead atoms. The second kappa shape index (κ2) is 8.59. The maximum atomic E-state index is 11.9. The molecule has 2 aromatic carbocycles. The molecule has 4 heteroatoms. The first-order valence-electron chi connectivity index (χ1n) is 5.91. The van der Waals surface area contributed by atoms with Crippen LogP contribution in [-0.4, -0.2) is 12.6 Å². The van der Waals surface area contributed by atoms with Crippen LogP contribution in [0.5, 0.6) is 11.5 Å². The number of rotatable bonds is 5. The number of ether oxygens (including phenoxy) is 2. The van der Waals surface area contributed by atoms with E-state index >= 15 is 0 Å². The van der Waals surface area contributed by atoms with E-state index in [0.717, 1.165) is 0 Å². The SMILES string of the molecule is C=CCOc1ccccc1OC(=O)c1ccccc1.[H-].[Na+]. The summed E-state index contributed by atoms with van der Waals surface area (Å²) >= 11 is 0. The van der Waals surface area contributed by atoms with Gasteiger partial charge in [0.25, 0.3) is 0 Å². The summed E-state index contributed by atoms with van der Waals surface area (Å²) in [5.41, 5.74) is 0.501. The number of benzene rings is 2. The molecule has 0 spiro atoms. The van der Waals surface area contributed by atoms with Crippen molar-refractivity contribution in [2.45, 2.75) is 0 Å². The molecule has 0 amide bonds. The molecular weight excluding hydrogens is 263 g/mol. The van der Waals surface area contributed by atoms with Crippen molar-refractivity contribution in [3.63, 3.8) is 0 Å². The molecule has 0 heterocycles. The Labute approximate surface area is 142 Å². The van der Waals surface area contributed by atoms with Crippen LogP contribution >= 0.6 is 0 Å². The molecule has 0 radical (unpaired) electrons. The van der Waals surface area contributed by atoms with E-state index in [0.29, 0.717) is 23.7 Å². The molecule has 0 atom stereocenters. The van der Waals surface area contributed by atoms with E-state index in [1.165, 1.54) is 0 Å². The summed E-state index contributed by atoms with van der Waals surface area (Å²) in [6.45, 7) is 3.94. The van der Waals surface area contributed by atoms with Gasteiger partial charge in [0.05, 0.1) is 5.56 Å². The molecule has 0 unspecified atom stereocenters. The zero-order valence-electron chi connectivity index (χ0n) is 12.4. The standard InChI is InChI=1S/C16H14O3.Na.H/c1-2-12-18-14-10-6-7-11-15(14)19-16(17)13-8-4-3-5-9-13;;/h2-11H,1,12H2;;/q;+1;-1. The quantitative estimate of drug-likeness (QED) is 0.347. The Bertz CT molecular complexity index is 573. The molecule has 2 aromatic rings. The monoisotopic (exact) mass is 278 g/mol. The van der Waals surface area contributed by atoms with Gasteiger partial charge in [-0.15, -0.1) is 0 Å². The molecule has 0 saturated heterocycles. The summed E-state index contributed by atoms with van der Waals surface area (Å²) in [5, 5.41) is 0. The number of hydrogen-bond donors (Lipinski definition) is 0. The van der Waals surface area contributed by atoms with Crippen molar-refractivity contribution in [1.82, 2.24) is 0 Å². The van der Waals surface area contributed by atoms with Gasteiger partial charge in [-0.1, -0.05) is 43.0 Å². The van der Waals surface area contributed by atoms with E-state index in [9.17, 15) is 4.79 Å². The Hall–Kier alpha value is -1.55. The van der Waals surface area contributed by atoms with Gasteiger partial charge in [-0.3, -0.25) is 0 Å². The third-order valence-corrected chi connectivity index (χ3v) is 2.42. The number of carbonyl (C=O) groups is 1. The van der Waals surface area contributed by atoms with E-state index in [4.69, 9.17) is 9.47 Å². The van der Waals surface area contributed by atoms with Crippen LogP contribution in [0.15, 0.2) is 67.3 Å². The Morgan fingerprint density at radius 2 is 1.65 bits per heavy atom.